The van der Waals surface area contributed by atoms with Crippen molar-refractivity contribution < 1.29 is 14.6 Å². The molecule has 3 N–H and O–H groups in total. The van der Waals surface area contributed by atoms with Gasteiger partial charge >= 0.3 is 0 Å². The standard InChI is InChI=1S/C18H15N5O3/c1-11-6-15(17(8-14(11)20)26-5-4-24)22-18(25)16-3-2-13-7-12(9-19)10-21-23(13)16/h2-3,6-8,10,20,24H,1,4-5H2,(H,22,25). The Kier molecular flexibility index (Phi) is 4.64. The van der Waals surface area contributed by atoms with Crippen LogP contribution in [-0.2, 0) is 4.74 Å². The maximum Gasteiger partial charge on any atom is 0.274 e. The van der Waals surface area contributed by atoms with Crippen LogP contribution in [0.1, 0.15) is 16.1 Å². The van der Waals surface area contributed by atoms with Crippen LogP contribution in [0.4, 0.5) is 0 Å². The van der Waals surface area contributed by atoms with Gasteiger partial charge in [-0.05, 0) is 29.8 Å². The normalized spacial score (nSPS) is 13.8. The molecule has 0 radical (unpaired) electrons. The first kappa shape index (κ1) is 17.1. The second-order valence-electron chi connectivity index (χ2n) is 5.44. The first-order valence-electron chi connectivity index (χ1n) is 7.68. The van der Waals surface area contributed by atoms with Crippen LogP contribution in [0.25, 0.3) is 5.52 Å². The Bertz CT molecular complexity index is 1020. The van der Waals surface area contributed by atoms with Crippen LogP contribution < -0.4 is 5.32 Å². The number of amides is 1. The van der Waals surface area contributed by atoms with E-state index < -0.39 is 5.91 Å². The molecular weight excluding hydrogens is 334 g/mol. The number of aliphatic hydroxyl groups excluding tert-OH is 1. The molecule has 0 atom stereocenters. The molecule has 3 rings (SSSR count). The zero-order valence-corrected chi connectivity index (χ0v) is 13.7. The highest BCUT2D eigenvalue weighted by Gasteiger charge is 2.20. The molecule has 26 heavy (non-hydrogen) atoms. The first-order chi connectivity index (χ1) is 12.5. The number of aromatic nitrogens is 2. The molecule has 130 valence electrons. The fourth-order valence-corrected chi connectivity index (χ4v) is 2.42. The molecule has 8 heteroatoms. The predicted molar refractivity (Wildman–Crippen MR) is 93.4 cm³/mol. The van der Waals surface area contributed by atoms with Gasteiger partial charge in [-0.1, -0.05) is 6.58 Å². The van der Waals surface area contributed by atoms with Gasteiger partial charge in [0, 0.05) is 6.08 Å². The minimum Gasteiger partial charge on any atom is -0.489 e. The first-order valence-corrected chi connectivity index (χ1v) is 7.68. The number of nitrogens with zero attached hydrogens (tertiary/aromatic N) is 3. The molecule has 0 aliphatic heterocycles. The fraction of sp³-hybridized carbons (Fsp3) is 0.111. The smallest absolute Gasteiger partial charge is 0.274 e. The number of ether oxygens (including phenoxy) is 1. The molecule has 8 nitrogen and oxygen atoms in total. The van der Waals surface area contributed by atoms with E-state index in [9.17, 15) is 4.79 Å². The quantitative estimate of drug-likeness (QED) is 0.751. The Morgan fingerprint density at radius 3 is 3.00 bits per heavy atom. The van der Waals surface area contributed by atoms with Crippen LogP contribution in [0, 0.1) is 16.7 Å². The molecule has 1 aliphatic rings. The molecule has 1 aliphatic carbocycles. The molecule has 2 aromatic rings. The van der Waals surface area contributed by atoms with Crippen molar-refractivity contribution in [2.24, 2.45) is 0 Å². The van der Waals surface area contributed by atoms with Crippen molar-refractivity contribution in [1.82, 2.24) is 14.9 Å². The monoisotopic (exact) mass is 349 g/mol. The van der Waals surface area contributed by atoms with E-state index >= 15 is 0 Å². The summed E-state index contributed by atoms with van der Waals surface area (Å²) in [6.07, 6.45) is 4.34. The topological polar surface area (TPSA) is 124 Å². The fourth-order valence-electron chi connectivity index (χ4n) is 2.42. The van der Waals surface area contributed by atoms with Crippen LogP contribution >= 0.6 is 0 Å². The molecule has 2 aromatic heterocycles. The lowest BCUT2D eigenvalue weighted by atomic mass is 10.0. The summed E-state index contributed by atoms with van der Waals surface area (Å²) in [6.45, 7) is 3.59. The van der Waals surface area contributed by atoms with Gasteiger partial charge in [-0.25, -0.2) is 4.52 Å². The highest BCUT2D eigenvalue weighted by Crippen LogP contribution is 2.20. The average Bonchev–Trinajstić information content (AvgIpc) is 3.06. The van der Waals surface area contributed by atoms with E-state index in [2.05, 4.69) is 17.0 Å². The minimum absolute atomic E-state index is 0.0331. The molecule has 0 spiro atoms. The van der Waals surface area contributed by atoms with Crippen molar-refractivity contribution in [3.63, 3.8) is 0 Å². The number of nitriles is 1. The van der Waals surface area contributed by atoms with E-state index in [0.29, 0.717) is 22.4 Å². The van der Waals surface area contributed by atoms with Gasteiger partial charge in [0.2, 0.25) is 0 Å². The lowest BCUT2D eigenvalue weighted by Crippen LogP contribution is -2.28. The summed E-state index contributed by atoms with van der Waals surface area (Å²) in [4.78, 5) is 12.7. The van der Waals surface area contributed by atoms with Crippen LogP contribution in [0.5, 0.6) is 0 Å². The Morgan fingerprint density at radius 2 is 2.27 bits per heavy atom. The van der Waals surface area contributed by atoms with Crippen LogP contribution in [0.3, 0.4) is 0 Å². The van der Waals surface area contributed by atoms with Crippen molar-refractivity contribution in [2.45, 2.75) is 0 Å². The van der Waals surface area contributed by atoms with Gasteiger partial charge in [0.05, 0.1) is 35.3 Å². The highest BCUT2D eigenvalue weighted by atomic mass is 16.5. The van der Waals surface area contributed by atoms with E-state index in [0.717, 1.165) is 0 Å². The summed E-state index contributed by atoms with van der Waals surface area (Å²) in [5, 5.41) is 32.5. The van der Waals surface area contributed by atoms with E-state index in [1.165, 1.54) is 22.9 Å². The Morgan fingerprint density at radius 1 is 1.46 bits per heavy atom. The molecular formula is C18H15N5O3. The highest BCUT2D eigenvalue weighted by molar-refractivity contribution is 6.10. The summed E-state index contributed by atoms with van der Waals surface area (Å²) in [5.74, 6) is -0.168. The van der Waals surface area contributed by atoms with Gasteiger partial charge in [-0.3, -0.25) is 4.79 Å². The molecule has 2 heterocycles. The minimum atomic E-state index is -0.437. The predicted octanol–water partition coefficient (Wildman–Crippen LogP) is 1.30. The molecule has 0 unspecified atom stereocenters. The maximum atomic E-state index is 12.7. The number of allylic oxidation sites excluding steroid dienone is 3. The Labute approximate surface area is 148 Å². The summed E-state index contributed by atoms with van der Waals surface area (Å²) >= 11 is 0. The number of hydrogen-bond acceptors (Lipinski definition) is 6. The summed E-state index contributed by atoms with van der Waals surface area (Å²) in [6, 6.07) is 6.91. The van der Waals surface area contributed by atoms with E-state index in [1.807, 2.05) is 6.07 Å². The zero-order chi connectivity index (χ0) is 18.7. The second kappa shape index (κ2) is 7.04. The molecule has 1 amide bonds. The van der Waals surface area contributed by atoms with Crippen LogP contribution in [0.15, 0.2) is 60.2 Å². The largest absolute Gasteiger partial charge is 0.489 e. The molecule has 0 saturated heterocycles. The van der Waals surface area contributed by atoms with Crippen LogP contribution in [0.2, 0.25) is 0 Å². The molecule has 0 fully saturated rings. The molecule has 0 saturated carbocycles. The number of carbonyl (C=O) groups excluding carboxylic acids is 1. The summed E-state index contributed by atoms with van der Waals surface area (Å²) in [5.41, 5.74) is 2.22. The van der Waals surface area contributed by atoms with Gasteiger partial charge in [0.1, 0.15) is 24.1 Å². The third-order valence-electron chi connectivity index (χ3n) is 3.66. The number of rotatable bonds is 5. The zero-order valence-electron chi connectivity index (χ0n) is 13.7. The van der Waals surface area contributed by atoms with Crippen LogP contribution in [-0.4, -0.2) is 39.6 Å². The van der Waals surface area contributed by atoms with Gasteiger partial charge < -0.3 is 20.6 Å². The van der Waals surface area contributed by atoms with Crippen molar-refractivity contribution in [1.29, 1.82) is 10.7 Å². The SMILES string of the molecule is C=C1C=C(NC(=O)c2ccc3cc(C#N)cnn23)C(OCCO)=CC1=N. The van der Waals surface area contributed by atoms with E-state index in [4.69, 9.17) is 20.5 Å². The third kappa shape index (κ3) is 3.24. The molecule has 0 aromatic carbocycles. The van der Waals surface area contributed by atoms with E-state index in [1.54, 1.807) is 18.2 Å². The summed E-state index contributed by atoms with van der Waals surface area (Å²) < 4.78 is 6.81. The summed E-state index contributed by atoms with van der Waals surface area (Å²) in [7, 11) is 0. The number of hydrogen-bond donors (Lipinski definition) is 3. The van der Waals surface area contributed by atoms with Gasteiger partial charge in [0.25, 0.3) is 5.91 Å². The van der Waals surface area contributed by atoms with Gasteiger partial charge in [0.15, 0.2) is 0 Å². The van der Waals surface area contributed by atoms with Crippen molar-refractivity contribution in [3.05, 3.63) is 71.4 Å². The lowest BCUT2D eigenvalue weighted by Gasteiger charge is -2.19. The van der Waals surface area contributed by atoms with Crippen molar-refractivity contribution in [2.75, 3.05) is 13.2 Å². The average molecular weight is 349 g/mol. The third-order valence-corrected chi connectivity index (χ3v) is 3.66. The Hall–Kier alpha value is -3.70. The second-order valence-corrected chi connectivity index (χ2v) is 5.44. The van der Waals surface area contributed by atoms with E-state index in [-0.39, 0.29) is 30.4 Å². The maximum absolute atomic E-state index is 12.7. The number of fused-ring (bicyclic) bond motifs is 1. The number of nitrogens with one attached hydrogen (secondary N) is 2. The Balaban J connectivity index is 1.88. The lowest BCUT2D eigenvalue weighted by molar-refractivity contribution is 0.0950. The van der Waals surface area contributed by atoms with Gasteiger partial charge in [-0.2, -0.15) is 10.4 Å². The number of carbonyl (C=O) groups is 1. The number of aliphatic hydroxyl groups is 1. The van der Waals surface area contributed by atoms with Crippen molar-refractivity contribution >= 4 is 17.1 Å². The van der Waals surface area contributed by atoms with Crippen molar-refractivity contribution in [3.8, 4) is 6.07 Å². The molecule has 0 bridgehead atoms. The van der Waals surface area contributed by atoms with Gasteiger partial charge in [-0.15, -0.1) is 0 Å².